The number of hydrogen-bond acceptors (Lipinski definition) is 2. The summed E-state index contributed by atoms with van der Waals surface area (Å²) < 4.78 is 54.2. The van der Waals surface area contributed by atoms with Crippen LogP contribution in [0.2, 0.25) is 0 Å². The summed E-state index contributed by atoms with van der Waals surface area (Å²) in [6.45, 7) is 24.3. The maximum atomic E-state index is 14.3. The van der Waals surface area contributed by atoms with Gasteiger partial charge >= 0.3 is 14.3 Å². The number of rotatable bonds is 4. The van der Waals surface area contributed by atoms with Crippen molar-refractivity contribution < 1.29 is 22.2 Å². The van der Waals surface area contributed by atoms with Crippen LogP contribution in [-0.2, 0) is 21.7 Å². The highest BCUT2D eigenvalue weighted by Crippen LogP contribution is 2.57. The topological polar surface area (TPSA) is 18.5 Å². The highest BCUT2D eigenvalue weighted by molar-refractivity contribution is 7.49. The molecule has 2 nitrogen and oxygen atoms in total. The van der Waals surface area contributed by atoms with Crippen molar-refractivity contribution in [3.63, 3.8) is 0 Å². The largest absolute Gasteiger partial charge is 0.484 e. The Morgan fingerprint density at radius 3 is 1.06 bits per heavy atom. The Hall–Kier alpha value is -1.74. The van der Waals surface area contributed by atoms with Crippen LogP contribution in [0.4, 0.5) is 13.2 Å². The molecule has 0 heterocycles. The molecule has 0 spiro atoms. The van der Waals surface area contributed by atoms with Gasteiger partial charge in [0.2, 0.25) is 0 Å². The summed E-state index contributed by atoms with van der Waals surface area (Å²) in [5.74, 6) is -4.25. The molecule has 0 amide bonds. The molecule has 0 fully saturated rings. The molecule has 2 aromatic carbocycles. The van der Waals surface area contributed by atoms with Crippen LogP contribution in [0.15, 0.2) is 36.4 Å². The van der Waals surface area contributed by atoms with Gasteiger partial charge in [0.25, 0.3) is 0 Å². The van der Waals surface area contributed by atoms with E-state index in [1.165, 1.54) is 0 Å². The Balaban J connectivity index is 2.58. The van der Waals surface area contributed by atoms with Crippen molar-refractivity contribution in [2.75, 3.05) is 0 Å². The van der Waals surface area contributed by atoms with Crippen molar-refractivity contribution >= 4 is 8.38 Å². The molecule has 196 valence electrons. The molecular weight excluding hydrogens is 468 g/mol. The average molecular weight is 511 g/mol. The Morgan fingerprint density at radius 1 is 0.514 bits per heavy atom. The van der Waals surface area contributed by atoms with Crippen LogP contribution in [0.25, 0.3) is 0 Å². The second kappa shape index (κ2) is 9.61. The van der Waals surface area contributed by atoms with Crippen LogP contribution < -0.4 is 9.05 Å². The lowest BCUT2D eigenvalue weighted by Crippen LogP contribution is -2.21. The van der Waals surface area contributed by atoms with Crippen molar-refractivity contribution in [1.29, 1.82) is 0 Å². The van der Waals surface area contributed by atoms with E-state index in [9.17, 15) is 13.2 Å². The van der Waals surface area contributed by atoms with Gasteiger partial charge in [0.1, 0.15) is 11.5 Å². The molecule has 2 rings (SSSR count). The second-order valence-corrected chi connectivity index (χ2v) is 14.7. The van der Waals surface area contributed by atoms with Crippen LogP contribution in [0.3, 0.4) is 0 Å². The molecule has 0 N–H and O–H groups in total. The summed E-state index contributed by atoms with van der Waals surface area (Å²) in [5.41, 5.74) is 2.44. The van der Waals surface area contributed by atoms with Gasteiger partial charge in [-0.25, -0.2) is 0 Å². The SMILES string of the molecule is CC(C)(C)c1ccc(OP(Oc2ccc(C(C)(C)C)cc2C(C)(C)C)C(F)(F)F)c(C(C)(C)C)c1. The first-order chi connectivity index (χ1) is 15.5. The summed E-state index contributed by atoms with van der Waals surface area (Å²) in [7, 11) is -3.26. The van der Waals surface area contributed by atoms with Gasteiger partial charge in [-0.15, -0.1) is 0 Å². The standard InChI is InChI=1S/C29H42F3O2P/c1-25(2,3)19-13-15-23(21(17-19)27(7,8)9)33-35(29(30,31)32)34-24-16-14-20(26(4,5)6)18-22(24)28(10,11)12/h13-18H,1-12H3. The minimum absolute atomic E-state index is 0.139. The fourth-order valence-corrected chi connectivity index (χ4v) is 4.55. The van der Waals surface area contributed by atoms with E-state index in [1.54, 1.807) is 12.1 Å². The van der Waals surface area contributed by atoms with E-state index in [0.717, 1.165) is 22.3 Å². The van der Waals surface area contributed by atoms with E-state index >= 15 is 0 Å². The lowest BCUT2D eigenvalue weighted by molar-refractivity contribution is -0.0534. The van der Waals surface area contributed by atoms with Gasteiger partial charge < -0.3 is 9.05 Å². The fourth-order valence-electron chi connectivity index (χ4n) is 3.63. The molecule has 2 aromatic rings. The number of benzene rings is 2. The molecule has 0 saturated heterocycles. The van der Waals surface area contributed by atoms with Crippen molar-refractivity contribution in [2.45, 2.75) is 111 Å². The minimum atomic E-state index is -4.66. The Kier molecular flexibility index (Phi) is 8.10. The summed E-state index contributed by atoms with van der Waals surface area (Å²) in [5, 5.41) is 0. The first kappa shape index (κ1) is 29.5. The van der Waals surface area contributed by atoms with Gasteiger partial charge in [-0.05, 0) is 44.9 Å². The van der Waals surface area contributed by atoms with E-state index < -0.39 is 25.1 Å². The average Bonchev–Trinajstić information content (AvgIpc) is 2.63. The maximum absolute atomic E-state index is 14.3. The third-order valence-electron chi connectivity index (χ3n) is 5.88. The quantitative estimate of drug-likeness (QED) is 0.381. The number of alkyl halides is 3. The van der Waals surface area contributed by atoms with Gasteiger partial charge in [-0.3, -0.25) is 0 Å². The number of hydrogen-bond donors (Lipinski definition) is 0. The highest BCUT2D eigenvalue weighted by Gasteiger charge is 2.48. The Morgan fingerprint density at radius 2 is 0.829 bits per heavy atom. The maximum Gasteiger partial charge on any atom is 0.484 e. The summed E-state index contributed by atoms with van der Waals surface area (Å²) >= 11 is 0. The summed E-state index contributed by atoms with van der Waals surface area (Å²) in [6, 6.07) is 10.9. The van der Waals surface area contributed by atoms with Crippen molar-refractivity contribution in [2.24, 2.45) is 0 Å². The smallest absolute Gasteiger partial charge is 0.432 e. The summed E-state index contributed by atoms with van der Waals surface area (Å²) in [6.07, 6.45) is 0. The molecule has 0 aliphatic carbocycles. The molecule has 35 heavy (non-hydrogen) atoms. The molecule has 6 heteroatoms. The van der Waals surface area contributed by atoms with Crippen LogP contribution in [0, 0.1) is 0 Å². The minimum Gasteiger partial charge on any atom is -0.432 e. The van der Waals surface area contributed by atoms with Crippen molar-refractivity contribution in [3.8, 4) is 11.5 Å². The molecule has 0 aliphatic rings. The second-order valence-electron chi connectivity index (χ2n) is 13.3. The zero-order chi connectivity index (χ0) is 27.2. The van der Waals surface area contributed by atoms with E-state index in [0.29, 0.717) is 0 Å². The zero-order valence-electron chi connectivity index (χ0n) is 23.4. The van der Waals surface area contributed by atoms with Gasteiger partial charge in [0, 0.05) is 11.1 Å². The van der Waals surface area contributed by atoms with Gasteiger partial charge in [-0.1, -0.05) is 107 Å². The Labute approximate surface area is 211 Å². The molecule has 0 saturated carbocycles. The third kappa shape index (κ3) is 7.62. The summed E-state index contributed by atoms with van der Waals surface area (Å²) in [4.78, 5) is 0. The molecule has 0 radical (unpaired) electrons. The van der Waals surface area contributed by atoms with E-state index in [4.69, 9.17) is 9.05 Å². The third-order valence-corrected chi connectivity index (χ3v) is 7.02. The van der Waals surface area contributed by atoms with Crippen LogP contribution >= 0.6 is 8.38 Å². The molecule has 0 unspecified atom stereocenters. The first-order valence-electron chi connectivity index (χ1n) is 12.0. The van der Waals surface area contributed by atoms with Crippen molar-refractivity contribution in [1.82, 2.24) is 0 Å². The molecule has 0 aliphatic heterocycles. The van der Waals surface area contributed by atoms with E-state index in [1.807, 2.05) is 65.8 Å². The normalized spacial score (nSPS) is 13.8. The highest BCUT2D eigenvalue weighted by atomic mass is 31.2. The predicted octanol–water partition coefficient (Wildman–Crippen LogP) is 10.2. The van der Waals surface area contributed by atoms with Gasteiger partial charge in [-0.2, -0.15) is 13.2 Å². The molecule has 0 atom stereocenters. The lowest BCUT2D eigenvalue weighted by atomic mass is 9.80. The fraction of sp³-hybridized carbons (Fsp3) is 0.586. The van der Waals surface area contributed by atoms with Gasteiger partial charge in [0.15, 0.2) is 0 Å². The molecule has 0 aromatic heterocycles. The Bertz CT molecular complexity index is 953. The lowest BCUT2D eigenvalue weighted by Gasteiger charge is -2.31. The number of halogens is 3. The molecular formula is C29H42F3O2P. The first-order valence-corrected chi connectivity index (χ1v) is 13.2. The van der Waals surface area contributed by atoms with E-state index in [2.05, 4.69) is 41.5 Å². The van der Waals surface area contributed by atoms with Crippen LogP contribution in [0.5, 0.6) is 11.5 Å². The molecule has 0 bridgehead atoms. The van der Waals surface area contributed by atoms with Crippen LogP contribution in [-0.4, -0.2) is 5.92 Å². The zero-order valence-corrected chi connectivity index (χ0v) is 24.3. The van der Waals surface area contributed by atoms with Gasteiger partial charge in [0.05, 0.1) is 0 Å². The monoisotopic (exact) mass is 510 g/mol. The van der Waals surface area contributed by atoms with Crippen LogP contribution in [0.1, 0.15) is 105 Å². The predicted molar refractivity (Wildman–Crippen MR) is 142 cm³/mol. The van der Waals surface area contributed by atoms with Crippen molar-refractivity contribution in [3.05, 3.63) is 58.7 Å². The van der Waals surface area contributed by atoms with E-state index in [-0.39, 0.29) is 22.3 Å².